The number of halogens is 4. The first kappa shape index (κ1) is 20.4. The molecular weight excluding hydrogens is 404 g/mol. The van der Waals surface area contributed by atoms with Crippen molar-refractivity contribution in [3.8, 4) is 0 Å². The first-order valence-corrected chi connectivity index (χ1v) is 9.97. The van der Waals surface area contributed by atoms with E-state index in [9.17, 15) is 9.18 Å². The second-order valence-electron chi connectivity index (χ2n) is 5.34. The number of rotatable bonds is 8. The summed E-state index contributed by atoms with van der Waals surface area (Å²) in [6.07, 6.45) is 0.908. The molecule has 0 saturated carbocycles. The van der Waals surface area contributed by atoms with E-state index in [1.54, 1.807) is 24.3 Å². The summed E-state index contributed by atoms with van der Waals surface area (Å²) in [4.78, 5) is 11.9. The van der Waals surface area contributed by atoms with E-state index in [1.165, 1.54) is 17.8 Å². The van der Waals surface area contributed by atoms with Crippen molar-refractivity contribution < 1.29 is 9.18 Å². The molecule has 0 fully saturated rings. The quantitative estimate of drug-likeness (QED) is 0.549. The fourth-order valence-electron chi connectivity index (χ4n) is 2.17. The minimum atomic E-state index is -0.302. The summed E-state index contributed by atoms with van der Waals surface area (Å²) in [6.45, 7) is 0.518. The third-order valence-electron chi connectivity index (χ3n) is 3.51. The van der Waals surface area contributed by atoms with Gasteiger partial charge in [0.15, 0.2) is 0 Å². The van der Waals surface area contributed by atoms with Crippen molar-refractivity contribution in [2.45, 2.75) is 18.6 Å². The number of aryl methyl sites for hydroxylation is 1. The minimum Gasteiger partial charge on any atom is -0.355 e. The number of hydrogen-bond donors (Lipinski definition) is 1. The summed E-state index contributed by atoms with van der Waals surface area (Å²) in [5.41, 5.74) is 1.39. The smallest absolute Gasteiger partial charge is 0.220 e. The van der Waals surface area contributed by atoms with Crippen LogP contribution in [0.25, 0.3) is 0 Å². The molecule has 0 heterocycles. The molecule has 1 amide bonds. The molecule has 0 radical (unpaired) electrons. The predicted octanol–water partition coefficient (Wildman–Crippen LogP) is 5.77. The standard InChI is InChI=1S/C18H17Cl3FNOS/c19-13-6-4-12(16(21)10-13)5-7-18(24)23-8-9-25-11-14-15(20)2-1-3-17(14)22/h1-4,6,10H,5,7-9,11H2,(H,23,24). The first-order chi connectivity index (χ1) is 12.0. The van der Waals surface area contributed by atoms with Gasteiger partial charge in [0.25, 0.3) is 0 Å². The van der Waals surface area contributed by atoms with Gasteiger partial charge in [-0.05, 0) is 36.2 Å². The SMILES string of the molecule is O=C(CCc1ccc(Cl)cc1Cl)NCCSCc1c(F)cccc1Cl. The van der Waals surface area contributed by atoms with Crippen LogP contribution in [0.15, 0.2) is 36.4 Å². The van der Waals surface area contributed by atoms with Crippen LogP contribution in [0.4, 0.5) is 4.39 Å². The van der Waals surface area contributed by atoms with E-state index in [4.69, 9.17) is 34.8 Å². The lowest BCUT2D eigenvalue weighted by atomic mass is 10.1. The van der Waals surface area contributed by atoms with Crippen molar-refractivity contribution in [1.82, 2.24) is 5.32 Å². The lowest BCUT2D eigenvalue weighted by molar-refractivity contribution is -0.120. The fourth-order valence-corrected chi connectivity index (χ4v) is 3.87. The summed E-state index contributed by atoms with van der Waals surface area (Å²) >= 11 is 19.4. The van der Waals surface area contributed by atoms with Gasteiger partial charge in [-0.25, -0.2) is 4.39 Å². The van der Waals surface area contributed by atoms with Gasteiger partial charge < -0.3 is 5.32 Å². The molecule has 0 atom stereocenters. The third-order valence-corrected chi connectivity index (χ3v) is 5.44. The maximum atomic E-state index is 13.6. The summed E-state index contributed by atoms with van der Waals surface area (Å²) in [7, 11) is 0. The number of benzene rings is 2. The van der Waals surface area contributed by atoms with Crippen LogP contribution in [0, 0.1) is 5.82 Å². The van der Waals surface area contributed by atoms with E-state index >= 15 is 0 Å². The zero-order chi connectivity index (χ0) is 18.2. The molecule has 2 aromatic carbocycles. The van der Waals surface area contributed by atoms with Crippen LogP contribution >= 0.6 is 46.6 Å². The van der Waals surface area contributed by atoms with Crippen molar-refractivity contribution in [3.05, 3.63) is 68.4 Å². The van der Waals surface area contributed by atoms with Gasteiger partial charge in [-0.1, -0.05) is 46.9 Å². The Kier molecular flexibility index (Phi) is 8.37. The zero-order valence-corrected chi connectivity index (χ0v) is 16.4. The van der Waals surface area contributed by atoms with E-state index in [0.717, 1.165) is 5.56 Å². The van der Waals surface area contributed by atoms with E-state index < -0.39 is 0 Å². The Bertz CT molecular complexity index is 722. The van der Waals surface area contributed by atoms with Crippen LogP contribution in [-0.2, 0) is 17.0 Å². The Morgan fingerprint density at radius 3 is 2.64 bits per heavy atom. The number of nitrogens with one attached hydrogen (secondary N) is 1. The van der Waals surface area contributed by atoms with Crippen LogP contribution in [0.1, 0.15) is 17.5 Å². The van der Waals surface area contributed by atoms with Crippen LogP contribution < -0.4 is 5.32 Å². The largest absolute Gasteiger partial charge is 0.355 e. The maximum absolute atomic E-state index is 13.6. The van der Waals surface area contributed by atoms with Gasteiger partial charge in [0.05, 0.1) is 0 Å². The molecule has 0 unspecified atom stereocenters. The number of amides is 1. The van der Waals surface area contributed by atoms with Gasteiger partial charge in [0, 0.05) is 45.1 Å². The second kappa shape index (κ2) is 10.3. The van der Waals surface area contributed by atoms with Crippen LogP contribution in [0.2, 0.25) is 15.1 Å². The van der Waals surface area contributed by atoms with Crippen molar-refractivity contribution in [1.29, 1.82) is 0 Å². The van der Waals surface area contributed by atoms with Gasteiger partial charge in [-0.15, -0.1) is 0 Å². The Morgan fingerprint density at radius 2 is 1.92 bits per heavy atom. The number of hydrogen-bond acceptors (Lipinski definition) is 2. The highest BCUT2D eigenvalue weighted by Crippen LogP contribution is 2.24. The molecule has 0 aliphatic carbocycles. The molecule has 2 nitrogen and oxygen atoms in total. The van der Waals surface area contributed by atoms with Gasteiger partial charge >= 0.3 is 0 Å². The average Bonchev–Trinajstić information content (AvgIpc) is 2.56. The van der Waals surface area contributed by atoms with Crippen molar-refractivity contribution in [3.63, 3.8) is 0 Å². The molecule has 0 aliphatic rings. The van der Waals surface area contributed by atoms with E-state index in [1.807, 2.05) is 6.07 Å². The highest BCUT2D eigenvalue weighted by Gasteiger charge is 2.08. The lowest BCUT2D eigenvalue weighted by Crippen LogP contribution is -2.26. The van der Waals surface area contributed by atoms with E-state index in [-0.39, 0.29) is 11.7 Å². The van der Waals surface area contributed by atoms with Gasteiger partial charge in [0.1, 0.15) is 5.82 Å². The summed E-state index contributed by atoms with van der Waals surface area (Å²) in [6, 6.07) is 9.90. The molecule has 7 heteroatoms. The summed E-state index contributed by atoms with van der Waals surface area (Å²) < 4.78 is 13.6. The minimum absolute atomic E-state index is 0.0458. The van der Waals surface area contributed by atoms with Gasteiger partial charge in [-0.3, -0.25) is 4.79 Å². The van der Waals surface area contributed by atoms with Crippen LogP contribution in [0.3, 0.4) is 0 Å². The molecule has 2 aromatic rings. The number of carbonyl (C=O) groups is 1. The first-order valence-electron chi connectivity index (χ1n) is 7.68. The van der Waals surface area contributed by atoms with Crippen molar-refractivity contribution in [2.75, 3.05) is 12.3 Å². The molecular formula is C18H17Cl3FNOS. The molecule has 0 aromatic heterocycles. The van der Waals surface area contributed by atoms with Crippen LogP contribution in [-0.4, -0.2) is 18.2 Å². The zero-order valence-electron chi connectivity index (χ0n) is 13.3. The second-order valence-corrected chi connectivity index (χ2v) is 7.69. The molecule has 0 bridgehead atoms. The maximum Gasteiger partial charge on any atom is 0.220 e. The highest BCUT2D eigenvalue weighted by atomic mass is 35.5. The molecule has 2 rings (SSSR count). The Hall–Kier alpha value is -0.940. The number of thioether (sulfide) groups is 1. The normalized spacial score (nSPS) is 10.7. The molecule has 1 N–H and O–H groups in total. The van der Waals surface area contributed by atoms with E-state index in [0.29, 0.717) is 51.5 Å². The lowest BCUT2D eigenvalue weighted by Gasteiger charge is -2.08. The monoisotopic (exact) mass is 419 g/mol. The summed E-state index contributed by atoms with van der Waals surface area (Å²) in [5, 5.41) is 4.41. The van der Waals surface area contributed by atoms with Crippen molar-refractivity contribution >= 4 is 52.5 Å². The molecule has 134 valence electrons. The predicted molar refractivity (Wildman–Crippen MR) is 105 cm³/mol. The Morgan fingerprint density at radius 1 is 1.12 bits per heavy atom. The molecule has 0 aliphatic heterocycles. The molecule has 25 heavy (non-hydrogen) atoms. The van der Waals surface area contributed by atoms with Gasteiger partial charge in [-0.2, -0.15) is 11.8 Å². The summed E-state index contributed by atoms with van der Waals surface area (Å²) in [5.74, 6) is 0.805. The number of carbonyl (C=O) groups excluding carboxylic acids is 1. The topological polar surface area (TPSA) is 29.1 Å². The molecule has 0 saturated heterocycles. The van der Waals surface area contributed by atoms with Crippen LogP contribution in [0.5, 0.6) is 0 Å². The average molecular weight is 421 g/mol. The van der Waals surface area contributed by atoms with Crippen molar-refractivity contribution in [2.24, 2.45) is 0 Å². The Balaban J connectivity index is 1.65. The fraction of sp³-hybridized carbons (Fsp3) is 0.278. The van der Waals surface area contributed by atoms with Gasteiger partial charge in [0.2, 0.25) is 5.91 Å². The highest BCUT2D eigenvalue weighted by molar-refractivity contribution is 7.98. The van der Waals surface area contributed by atoms with E-state index in [2.05, 4.69) is 5.32 Å². The third kappa shape index (κ3) is 6.70. The Labute approximate surface area is 166 Å². The molecule has 0 spiro atoms.